The van der Waals surface area contributed by atoms with E-state index < -0.39 is 35.2 Å². The average molecular weight is 724 g/mol. The van der Waals surface area contributed by atoms with Gasteiger partial charge < -0.3 is 29.2 Å². The van der Waals surface area contributed by atoms with Crippen molar-refractivity contribution >= 4 is 28.7 Å². The molecular formula is C43H53N3O7. The summed E-state index contributed by atoms with van der Waals surface area (Å²) < 4.78 is 23.9. The molecule has 1 saturated carbocycles. The maximum atomic E-state index is 14.6. The minimum absolute atomic E-state index is 0.0460. The van der Waals surface area contributed by atoms with E-state index in [1.807, 2.05) is 82.3 Å². The number of nitrogens with one attached hydrogen (secondary N) is 1. The third-order valence-electron chi connectivity index (χ3n) is 10.3. The number of hydrogen-bond donors (Lipinski definition) is 1. The number of ether oxygens (including phenoxy) is 4. The first-order valence-corrected chi connectivity index (χ1v) is 18.9. The molecule has 282 valence electrons. The number of nitrogens with zero attached hydrogens (tertiary/aromatic N) is 2. The Kier molecular flexibility index (Phi) is 11.5. The second-order valence-corrected chi connectivity index (χ2v) is 15.4. The van der Waals surface area contributed by atoms with Gasteiger partial charge in [0.25, 0.3) is 0 Å². The zero-order chi connectivity index (χ0) is 37.8. The molecule has 3 heterocycles. The minimum atomic E-state index is -0.836. The lowest BCUT2D eigenvalue weighted by atomic mass is 9.95. The summed E-state index contributed by atoms with van der Waals surface area (Å²) in [5.41, 5.74) is 0.912. The topological polar surface area (TPSA) is 116 Å². The number of pyridine rings is 1. The van der Waals surface area contributed by atoms with Gasteiger partial charge in [0, 0.05) is 41.3 Å². The first kappa shape index (κ1) is 37.9. The van der Waals surface area contributed by atoms with Crippen LogP contribution in [0.1, 0.15) is 79.1 Å². The molecule has 2 amide bonds. The molecule has 5 atom stereocenters. The van der Waals surface area contributed by atoms with E-state index in [0.29, 0.717) is 42.2 Å². The van der Waals surface area contributed by atoms with Crippen molar-refractivity contribution in [1.82, 2.24) is 15.2 Å². The fraction of sp³-hybridized carbons (Fsp3) is 0.488. The van der Waals surface area contributed by atoms with E-state index in [-0.39, 0.29) is 37.1 Å². The minimum Gasteiger partial charge on any atom is -0.497 e. The average Bonchev–Trinajstić information content (AvgIpc) is 3.66. The Morgan fingerprint density at radius 1 is 1.08 bits per heavy atom. The zero-order valence-corrected chi connectivity index (χ0v) is 31.7. The molecule has 0 bridgehead atoms. The maximum Gasteiger partial charge on any atom is 0.307 e. The second-order valence-electron chi connectivity index (χ2n) is 15.4. The number of aromatic nitrogens is 1. The van der Waals surface area contributed by atoms with E-state index in [1.54, 1.807) is 12.0 Å². The van der Waals surface area contributed by atoms with Crippen LogP contribution < -0.4 is 14.8 Å². The third-order valence-corrected chi connectivity index (χ3v) is 10.3. The van der Waals surface area contributed by atoms with Crippen LogP contribution in [0.15, 0.2) is 79.1 Å². The molecule has 3 aliphatic rings. The lowest BCUT2D eigenvalue weighted by Gasteiger charge is -2.30. The predicted molar refractivity (Wildman–Crippen MR) is 204 cm³/mol. The quantitative estimate of drug-likeness (QED) is 0.137. The molecule has 1 aliphatic carbocycles. The summed E-state index contributed by atoms with van der Waals surface area (Å²) in [6, 6.07) is 16.6. The molecule has 0 radical (unpaired) electrons. The summed E-state index contributed by atoms with van der Waals surface area (Å²) in [7, 11) is 1.62. The number of esters is 1. The van der Waals surface area contributed by atoms with Gasteiger partial charge in [0.2, 0.25) is 11.8 Å². The first-order chi connectivity index (χ1) is 25.4. The Labute approximate surface area is 312 Å². The Morgan fingerprint density at radius 3 is 2.60 bits per heavy atom. The molecular weight excluding hydrogens is 670 g/mol. The van der Waals surface area contributed by atoms with Gasteiger partial charge in [0.05, 0.1) is 37.9 Å². The van der Waals surface area contributed by atoms with Crippen molar-refractivity contribution in [2.24, 2.45) is 11.8 Å². The van der Waals surface area contributed by atoms with Crippen molar-refractivity contribution in [1.29, 1.82) is 0 Å². The van der Waals surface area contributed by atoms with Gasteiger partial charge >= 0.3 is 5.97 Å². The van der Waals surface area contributed by atoms with Crippen molar-refractivity contribution in [3.05, 3.63) is 79.1 Å². The van der Waals surface area contributed by atoms with E-state index in [9.17, 15) is 14.4 Å². The summed E-state index contributed by atoms with van der Waals surface area (Å²) >= 11 is 0. The highest BCUT2D eigenvalue weighted by Gasteiger charge is 2.58. The Morgan fingerprint density at radius 2 is 1.87 bits per heavy atom. The number of hydrogen-bond acceptors (Lipinski definition) is 8. The van der Waals surface area contributed by atoms with Gasteiger partial charge in [-0.3, -0.25) is 14.4 Å². The number of methoxy groups -OCH3 is 1. The number of amides is 2. The molecule has 3 aromatic rings. The summed E-state index contributed by atoms with van der Waals surface area (Å²) in [6.07, 6.45) is 8.75. The molecule has 1 aromatic heterocycles. The van der Waals surface area contributed by atoms with Crippen molar-refractivity contribution < 1.29 is 33.3 Å². The van der Waals surface area contributed by atoms with Crippen molar-refractivity contribution in [2.75, 3.05) is 20.3 Å². The van der Waals surface area contributed by atoms with Crippen LogP contribution in [0.2, 0.25) is 0 Å². The third kappa shape index (κ3) is 8.86. The highest BCUT2D eigenvalue weighted by molar-refractivity contribution is 5.92. The standard InChI is InChI=1S/C43H53N3O7/c1-7-51-28(2)43-26-31(43)19-15-10-8-9-12-18-30(22-39(47)53-42(3,4)5)41(49)46-27-33(24-37(46)40(48)45-43)52-38-25-35(29-16-13-11-14-17-29)44-36-23-32(50-6)20-21-34(36)38/h11,13-17,19-21,23,25,30-31,33,37H,2,7-10,12,18,22,24,26-27H2,1,3-6H3,(H,45,48)/b19-15-/t30-,31-,33-,37+,43+/m1/s1. The molecule has 1 N–H and O–H groups in total. The van der Waals surface area contributed by atoms with Crippen LogP contribution in [0, 0.1) is 11.8 Å². The summed E-state index contributed by atoms with van der Waals surface area (Å²) in [5, 5.41) is 4.06. The highest BCUT2D eigenvalue weighted by Crippen LogP contribution is 2.50. The van der Waals surface area contributed by atoms with E-state index in [0.717, 1.165) is 42.3 Å². The molecule has 10 heteroatoms. The van der Waals surface area contributed by atoms with Crippen LogP contribution >= 0.6 is 0 Å². The Hall–Kier alpha value is -4.86. The number of carbonyl (C=O) groups is 3. The van der Waals surface area contributed by atoms with Gasteiger partial charge in [0.15, 0.2) is 0 Å². The van der Waals surface area contributed by atoms with Crippen LogP contribution in [0.3, 0.4) is 0 Å². The summed E-state index contributed by atoms with van der Waals surface area (Å²) in [5.74, 6) is 0.230. The zero-order valence-electron chi connectivity index (χ0n) is 31.7. The molecule has 2 fully saturated rings. The molecule has 6 rings (SSSR count). The fourth-order valence-corrected chi connectivity index (χ4v) is 7.59. The molecule has 2 aliphatic heterocycles. The van der Waals surface area contributed by atoms with Crippen LogP contribution in [0.25, 0.3) is 22.2 Å². The summed E-state index contributed by atoms with van der Waals surface area (Å²) in [4.78, 5) is 48.8. The van der Waals surface area contributed by atoms with E-state index in [4.69, 9.17) is 23.9 Å². The van der Waals surface area contributed by atoms with Gasteiger partial charge in [0.1, 0.15) is 40.5 Å². The molecule has 0 unspecified atom stereocenters. The van der Waals surface area contributed by atoms with Gasteiger partial charge in [-0.05, 0) is 65.5 Å². The van der Waals surface area contributed by atoms with E-state index in [2.05, 4.69) is 24.0 Å². The monoisotopic (exact) mass is 723 g/mol. The maximum absolute atomic E-state index is 14.6. The van der Waals surface area contributed by atoms with Crippen molar-refractivity contribution in [3.63, 3.8) is 0 Å². The molecule has 10 nitrogen and oxygen atoms in total. The van der Waals surface area contributed by atoms with Crippen molar-refractivity contribution in [3.8, 4) is 22.8 Å². The number of rotatable bonds is 9. The smallest absolute Gasteiger partial charge is 0.307 e. The summed E-state index contributed by atoms with van der Waals surface area (Å²) in [6.45, 7) is 12.2. The molecule has 2 aromatic carbocycles. The Bertz CT molecular complexity index is 1850. The SMILES string of the molecule is C=C(OCC)[C@@]12C[C@H]1/C=C\CCCCC[C@H](CC(=O)OC(C)(C)C)C(=O)N1C[C@H](Oc3cc(-c4ccccc4)nc4cc(OC)ccc34)C[C@H]1C(=O)N2. The normalized spacial score (nSPS) is 25.6. The molecule has 53 heavy (non-hydrogen) atoms. The first-order valence-electron chi connectivity index (χ1n) is 18.9. The van der Waals surface area contributed by atoms with E-state index in [1.165, 1.54) is 0 Å². The largest absolute Gasteiger partial charge is 0.497 e. The van der Waals surface area contributed by atoms with Crippen LogP contribution in [-0.4, -0.2) is 71.2 Å². The second kappa shape index (κ2) is 16.0. The molecule has 0 spiro atoms. The fourth-order valence-electron chi connectivity index (χ4n) is 7.59. The van der Waals surface area contributed by atoms with Gasteiger partial charge in [-0.2, -0.15) is 0 Å². The van der Waals surface area contributed by atoms with E-state index >= 15 is 0 Å². The van der Waals surface area contributed by atoms with Gasteiger partial charge in [-0.1, -0.05) is 61.9 Å². The van der Waals surface area contributed by atoms with Crippen LogP contribution in [-0.2, 0) is 23.9 Å². The highest BCUT2D eigenvalue weighted by atomic mass is 16.6. The lowest BCUT2D eigenvalue weighted by molar-refractivity contribution is -0.159. The predicted octanol–water partition coefficient (Wildman–Crippen LogP) is 7.55. The number of carbonyl (C=O) groups excluding carboxylic acids is 3. The number of fused-ring (bicyclic) bond motifs is 3. The lowest BCUT2D eigenvalue weighted by Crippen LogP contribution is -2.52. The van der Waals surface area contributed by atoms with Crippen molar-refractivity contribution in [2.45, 2.75) is 102 Å². The molecule has 1 saturated heterocycles. The van der Waals surface area contributed by atoms with Crippen LogP contribution in [0.4, 0.5) is 0 Å². The number of benzene rings is 2. The van der Waals surface area contributed by atoms with Gasteiger partial charge in [-0.15, -0.1) is 0 Å². The van der Waals surface area contributed by atoms with Crippen LogP contribution in [0.5, 0.6) is 11.5 Å². The number of allylic oxidation sites excluding steroid dienone is 1. The Balaban J connectivity index is 1.35. The van der Waals surface area contributed by atoms with Gasteiger partial charge in [-0.25, -0.2) is 4.98 Å².